The van der Waals surface area contributed by atoms with E-state index in [4.69, 9.17) is 0 Å². The highest BCUT2D eigenvalue weighted by atomic mass is 79.9. The molecule has 1 fully saturated rings. The number of carbonyl (C=O) groups is 2. The minimum Gasteiger partial charge on any atom is -0.274 e. The quantitative estimate of drug-likeness (QED) is 0.751. The number of thioether (sulfide) groups is 2. The Hall–Kier alpha value is -0.790. The van der Waals surface area contributed by atoms with Crippen LogP contribution >= 0.6 is 39.5 Å². The van der Waals surface area contributed by atoms with Gasteiger partial charge in [0.2, 0.25) is 11.8 Å². The monoisotopic (exact) mass is 370 g/mol. The topological polar surface area (TPSA) is 49.7 Å². The van der Waals surface area contributed by atoms with E-state index >= 15 is 0 Å². The highest BCUT2D eigenvalue weighted by Gasteiger charge is 2.40. The minimum absolute atomic E-state index is 0.140. The van der Waals surface area contributed by atoms with Crippen LogP contribution in [0.5, 0.6) is 0 Å². The number of anilines is 1. The summed E-state index contributed by atoms with van der Waals surface area (Å²) in [5.74, 6) is 0.684. The van der Waals surface area contributed by atoms with Crippen molar-refractivity contribution < 1.29 is 9.59 Å². The molecule has 0 bridgehead atoms. The van der Waals surface area contributed by atoms with Crippen molar-refractivity contribution in [3.63, 3.8) is 0 Å². The van der Waals surface area contributed by atoms with Gasteiger partial charge < -0.3 is 0 Å². The number of hydrogen-bond acceptors (Lipinski definition) is 5. The third-order valence-corrected chi connectivity index (χ3v) is 5.91. The fraction of sp³-hybridized carbons (Fsp3) is 0.308. The number of rotatable bonds is 2. The van der Waals surface area contributed by atoms with E-state index in [1.54, 1.807) is 23.9 Å². The van der Waals surface area contributed by atoms with Crippen molar-refractivity contribution in [2.45, 2.75) is 11.7 Å². The van der Waals surface area contributed by atoms with Crippen LogP contribution in [0.2, 0.25) is 0 Å². The van der Waals surface area contributed by atoms with Crippen molar-refractivity contribution in [3.8, 4) is 0 Å². The molecule has 1 aromatic carbocycles. The number of nitrogens with zero attached hydrogens (tertiary/aromatic N) is 2. The van der Waals surface area contributed by atoms with Gasteiger partial charge in [-0.05, 0) is 24.3 Å². The van der Waals surface area contributed by atoms with E-state index in [2.05, 4.69) is 20.9 Å². The molecule has 7 heteroatoms. The Morgan fingerprint density at radius 3 is 2.70 bits per heavy atom. The van der Waals surface area contributed by atoms with Gasteiger partial charge in [0.1, 0.15) is 9.63 Å². The average molecular weight is 371 g/mol. The summed E-state index contributed by atoms with van der Waals surface area (Å²) in [5.41, 5.74) is 0.632. The molecule has 20 heavy (non-hydrogen) atoms. The van der Waals surface area contributed by atoms with Crippen molar-refractivity contribution >= 4 is 61.3 Å². The van der Waals surface area contributed by atoms with E-state index in [1.807, 2.05) is 12.1 Å². The maximum Gasteiger partial charge on any atom is 0.247 e. The van der Waals surface area contributed by atoms with E-state index < -0.39 is 0 Å². The SMILES string of the molecule is O=C1C[C@H](SC2=NCCS2)C(=O)N1c1ccc(Br)cc1. The predicted molar refractivity (Wildman–Crippen MR) is 87.4 cm³/mol. The number of halogens is 1. The summed E-state index contributed by atoms with van der Waals surface area (Å²) in [6.45, 7) is 0.804. The third kappa shape index (κ3) is 2.80. The summed E-state index contributed by atoms with van der Waals surface area (Å²) in [6.07, 6.45) is 0.249. The van der Waals surface area contributed by atoms with Crippen LogP contribution in [0.15, 0.2) is 33.7 Å². The summed E-state index contributed by atoms with van der Waals surface area (Å²) < 4.78 is 1.84. The lowest BCUT2D eigenvalue weighted by molar-refractivity contribution is -0.121. The van der Waals surface area contributed by atoms with E-state index in [-0.39, 0.29) is 23.5 Å². The van der Waals surface area contributed by atoms with Crippen LogP contribution in [-0.4, -0.2) is 33.7 Å². The lowest BCUT2D eigenvalue weighted by atomic mass is 10.3. The van der Waals surface area contributed by atoms with Crippen molar-refractivity contribution in [1.29, 1.82) is 0 Å². The summed E-state index contributed by atoms with van der Waals surface area (Å²) >= 11 is 6.42. The first-order chi connectivity index (χ1) is 9.65. The number of imide groups is 1. The largest absolute Gasteiger partial charge is 0.274 e. The molecule has 0 N–H and O–H groups in total. The lowest BCUT2D eigenvalue weighted by Gasteiger charge is -2.14. The molecule has 0 radical (unpaired) electrons. The molecule has 1 saturated heterocycles. The molecule has 2 aliphatic heterocycles. The van der Waals surface area contributed by atoms with Gasteiger partial charge in [0.15, 0.2) is 0 Å². The first-order valence-electron chi connectivity index (χ1n) is 6.11. The van der Waals surface area contributed by atoms with Gasteiger partial charge in [-0.15, -0.1) is 0 Å². The molecule has 0 aliphatic carbocycles. The van der Waals surface area contributed by atoms with Crippen LogP contribution in [0.3, 0.4) is 0 Å². The van der Waals surface area contributed by atoms with E-state index in [0.717, 1.165) is 21.1 Å². The van der Waals surface area contributed by atoms with E-state index in [1.165, 1.54) is 16.7 Å². The number of carbonyl (C=O) groups excluding carboxylic acids is 2. The Balaban J connectivity index is 1.77. The number of hydrogen-bond donors (Lipinski definition) is 0. The maximum atomic E-state index is 12.4. The number of aliphatic imine (C=N–C) groups is 1. The van der Waals surface area contributed by atoms with Crippen LogP contribution in [0.1, 0.15) is 6.42 Å². The van der Waals surface area contributed by atoms with Crippen LogP contribution in [0, 0.1) is 0 Å². The zero-order chi connectivity index (χ0) is 14.1. The molecule has 104 valence electrons. The zero-order valence-corrected chi connectivity index (χ0v) is 13.6. The fourth-order valence-electron chi connectivity index (χ4n) is 2.07. The Labute approximate surface area is 133 Å². The Bertz CT molecular complexity index is 589. The van der Waals surface area contributed by atoms with E-state index in [9.17, 15) is 9.59 Å². The maximum absolute atomic E-state index is 12.4. The van der Waals surface area contributed by atoms with Crippen molar-refractivity contribution in [3.05, 3.63) is 28.7 Å². The molecule has 0 unspecified atom stereocenters. The molecular formula is C13H11BrN2O2S2. The standard InChI is InChI=1S/C13H11BrN2O2S2/c14-8-1-3-9(4-2-8)16-11(17)7-10(12(16)18)20-13-15-5-6-19-13/h1-4,10H,5-7H2/t10-/m0/s1. The molecular weight excluding hydrogens is 360 g/mol. The molecule has 0 aromatic heterocycles. The highest BCUT2D eigenvalue weighted by molar-refractivity contribution is 9.10. The van der Waals surface area contributed by atoms with Gasteiger partial charge >= 0.3 is 0 Å². The normalized spacial score (nSPS) is 22.6. The van der Waals surface area contributed by atoms with Crippen molar-refractivity contribution in [1.82, 2.24) is 0 Å². The Morgan fingerprint density at radius 1 is 1.30 bits per heavy atom. The molecule has 2 amide bonds. The summed E-state index contributed by atoms with van der Waals surface area (Å²) in [4.78, 5) is 30.1. The summed E-state index contributed by atoms with van der Waals surface area (Å²) in [6, 6.07) is 7.20. The molecule has 4 nitrogen and oxygen atoms in total. The molecule has 2 aliphatic rings. The predicted octanol–water partition coefficient (Wildman–Crippen LogP) is 2.92. The average Bonchev–Trinajstić information content (AvgIpc) is 3.02. The van der Waals surface area contributed by atoms with Gasteiger partial charge in [-0.25, -0.2) is 4.90 Å². The molecule has 1 atom stereocenters. The first-order valence-corrected chi connectivity index (χ1v) is 8.77. The molecule has 0 saturated carbocycles. The summed E-state index contributed by atoms with van der Waals surface area (Å²) in [7, 11) is 0. The van der Waals surface area contributed by atoms with E-state index in [0.29, 0.717) is 5.69 Å². The Morgan fingerprint density at radius 2 is 2.05 bits per heavy atom. The molecule has 3 rings (SSSR count). The smallest absolute Gasteiger partial charge is 0.247 e. The van der Waals surface area contributed by atoms with Gasteiger partial charge in [-0.3, -0.25) is 14.6 Å². The molecule has 1 aromatic rings. The third-order valence-electron chi connectivity index (χ3n) is 2.99. The molecule has 2 heterocycles. The van der Waals surface area contributed by atoms with Crippen LogP contribution < -0.4 is 4.90 Å². The van der Waals surface area contributed by atoms with Crippen LogP contribution in [0.4, 0.5) is 5.69 Å². The second-order valence-electron chi connectivity index (χ2n) is 4.35. The highest BCUT2D eigenvalue weighted by Crippen LogP contribution is 2.34. The zero-order valence-electron chi connectivity index (χ0n) is 10.4. The second kappa shape index (κ2) is 5.91. The van der Waals surface area contributed by atoms with Gasteiger partial charge in [0.25, 0.3) is 0 Å². The Kier molecular flexibility index (Phi) is 4.18. The van der Waals surface area contributed by atoms with Gasteiger partial charge in [-0.1, -0.05) is 39.5 Å². The first kappa shape index (κ1) is 14.2. The molecule has 0 spiro atoms. The number of benzene rings is 1. The summed E-state index contributed by atoms with van der Waals surface area (Å²) in [5, 5.41) is -0.338. The fourth-order valence-corrected chi connectivity index (χ4v) is 4.58. The minimum atomic E-state index is -0.338. The lowest BCUT2D eigenvalue weighted by Crippen LogP contribution is -2.31. The number of amides is 2. The van der Waals surface area contributed by atoms with Crippen LogP contribution in [-0.2, 0) is 9.59 Å². The van der Waals surface area contributed by atoms with Crippen molar-refractivity contribution in [2.24, 2.45) is 4.99 Å². The second-order valence-corrected chi connectivity index (χ2v) is 7.80. The van der Waals surface area contributed by atoms with Gasteiger partial charge in [0.05, 0.1) is 12.2 Å². The van der Waals surface area contributed by atoms with Crippen LogP contribution in [0.25, 0.3) is 0 Å². The van der Waals surface area contributed by atoms with Crippen molar-refractivity contribution in [2.75, 3.05) is 17.2 Å². The van der Waals surface area contributed by atoms with Gasteiger partial charge in [-0.2, -0.15) is 0 Å². The van der Waals surface area contributed by atoms with Gasteiger partial charge in [0, 0.05) is 16.6 Å².